The normalized spacial score (nSPS) is 10.5. The number of ether oxygens (including phenoxy) is 2. The van der Waals surface area contributed by atoms with Crippen molar-refractivity contribution in [2.45, 2.75) is 27.2 Å². The molecule has 0 aliphatic heterocycles. The van der Waals surface area contributed by atoms with Gasteiger partial charge < -0.3 is 14.5 Å². The summed E-state index contributed by atoms with van der Waals surface area (Å²) in [5.41, 5.74) is 5.75. The van der Waals surface area contributed by atoms with E-state index in [-0.39, 0.29) is 0 Å². The molecule has 2 aromatic heterocycles. The maximum absolute atomic E-state index is 12.5. The molecule has 0 saturated heterocycles. The molecule has 0 aliphatic rings. The second-order valence-electron chi connectivity index (χ2n) is 7.81. The van der Waals surface area contributed by atoms with Gasteiger partial charge in [-0.2, -0.15) is 0 Å². The standard InChI is InChI=1S/C27H22N2O3S.C2H6/c1-17-5-3-6-18(13-17)14-20-16-33-26(29-20)19-7-4-8-21(15-19)32-24-10-9-23-22(11-12-28-23)25(24)27(30)31-2;1-2/h3-13,15-16,28H,14H2,1-2H3;1-2H3. The molecule has 3 aromatic carbocycles. The Balaban J connectivity index is 0.00000141. The topological polar surface area (TPSA) is 64.2 Å². The molecule has 0 spiro atoms. The number of hydrogen-bond donors (Lipinski definition) is 1. The third-order valence-corrected chi connectivity index (χ3v) is 6.35. The summed E-state index contributed by atoms with van der Waals surface area (Å²) in [6.45, 7) is 6.10. The molecule has 0 aliphatic carbocycles. The van der Waals surface area contributed by atoms with Crippen LogP contribution in [0.3, 0.4) is 0 Å². The van der Waals surface area contributed by atoms with Crippen LogP contribution in [0.25, 0.3) is 21.5 Å². The minimum absolute atomic E-state index is 0.399. The number of H-pyrrole nitrogens is 1. The number of rotatable bonds is 6. The van der Waals surface area contributed by atoms with Gasteiger partial charge in [0, 0.05) is 34.5 Å². The van der Waals surface area contributed by atoms with E-state index in [1.807, 2.05) is 50.2 Å². The summed E-state index contributed by atoms with van der Waals surface area (Å²) in [6, 6.07) is 21.8. The molecule has 178 valence electrons. The van der Waals surface area contributed by atoms with Crippen molar-refractivity contribution in [1.29, 1.82) is 0 Å². The van der Waals surface area contributed by atoms with Crippen molar-refractivity contribution in [2.24, 2.45) is 0 Å². The van der Waals surface area contributed by atoms with Gasteiger partial charge in [-0.1, -0.05) is 55.8 Å². The van der Waals surface area contributed by atoms with E-state index in [1.165, 1.54) is 18.2 Å². The second kappa shape index (κ2) is 11.0. The highest BCUT2D eigenvalue weighted by molar-refractivity contribution is 7.13. The number of aromatic nitrogens is 2. The summed E-state index contributed by atoms with van der Waals surface area (Å²) in [7, 11) is 1.37. The first kappa shape index (κ1) is 24.2. The number of nitrogens with zero attached hydrogens (tertiary/aromatic N) is 1. The van der Waals surface area contributed by atoms with Crippen LogP contribution < -0.4 is 4.74 Å². The number of carbonyl (C=O) groups excluding carboxylic acids is 1. The fourth-order valence-electron chi connectivity index (χ4n) is 3.88. The van der Waals surface area contributed by atoms with E-state index in [9.17, 15) is 4.79 Å². The van der Waals surface area contributed by atoms with Crippen molar-refractivity contribution in [1.82, 2.24) is 9.97 Å². The summed E-state index contributed by atoms with van der Waals surface area (Å²) < 4.78 is 11.2. The van der Waals surface area contributed by atoms with E-state index < -0.39 is 5.97 Å². The molecule has 35 heavy (non-hydrogen) atoms. The molecular weight excluding hydrogens is 456 g/mol. The highest BCUT2D eigenvalue weighted by Gasteiger charge is 2.19. The first-order valence-electron chi connectivity index (χ1n) is 11.6. The van der Waals surface area contributed by atoms with Gasteiger partial charge in [0.15, 0.2) is 0 Å². The zero-order valence-electron chi connectivity index (χ0n) is 20.3. The highest BCUT2D eigenvalue weighted by Crippen LogP contribution is 2.34. The van der Waals surface area contributed by atoms with Gasteiger partial charge in [0.1, 0.15) is 22.1 Å². The Morgan fingerprint density at radius 1 is 1.03 bits per heavy atom. The lowest BCUT2D eigenvalue weighted by Crippen LogP contribution is -2.04. The lowest BCUT2D eigenvalue weighted by molar-refractivity contribution is 0.0600. The average Bonchev–Trinajstić information content (AvgIpc) is 3.55. The van der Waals surface area contributed by atoms with Crippen LogP contribution in [0.5, 0.6) is 11.5 Å². The van der Waals surface area contributed by atoms with Gasteiger partial charge in [-0.15, -0.1) is 11.3 Å². The van der Waals surface area contributed by atoms with E-state index >= 15 is 0 Å². The Kier molecular flexibility index (Phi) is 7.63. The van der Waals surface area contributed by atoms with Crippen molar-refractivity contribution in [3.63, 3.8) is 0 Å². The predicted molar refractivity (Wildman–Crippen MR) is 143 cm³/mol. The van der Waals surface area contributed by atoms with E-state index in [0.717, 1.165) is 33.6 Å². The molecule has 0 radical (unpaired) electrons. The number of fused-ring (bicyclic) bond motifs is 1. The number of aromatic amines is 1. The van der Waals surface area contributed by atoms with Gasteiger partial charge in [-0.05, 0) is 42.8 Å². The van der Waals surface area contributed by atoms with Gasteiger partial charge in [0.25, 0.3) is 0 Å². The third kappa shape index (κ3) is 5.44. The fraction of sp³-hybridized carbons (Fsp3) is 0.172. The molecule has 0 saturated carbocycles. The van der Waals surface area contributed by atoms with E-state index in [0.29, 0.717) is 17.1 Å². The van der Waals surface area contributed by atoms with Gasteiger partial charge in [-0.25, -0.2) is 9.78 Å². The Hall–Kier alpha value is -3.90. The average molecular weight is 485 g/mol. The van der Waals surface area contributed by atoms with Crippen molar-refractivity contribution < 1.29 is 14.3 Å². The number of benzene rings is 3. The molecule has 0 unspecified atom stereocenters. The number of thiazole rings is 1. The molecule has 5 nitrogen and oxygen atoms in total. The predicted octanol–water partition coefficient (Wildman–Crippen LogP) is 7.80. The van der Waals surface area contributed by atoms with Crippen molar-refractivity contribution in [3.8, 4) is 22.1 Å². The van der Waals surface area contributed by atoms with E-state index in [1.54, 1.807) is 23.6 Å². The summed E-state index contributed by atoms with van der Waals surface area (Å²) >= 11 is 1.61. The summed E-state index contributed by atoms with van der Waals surface area (Å²) in [6.07, 6.45) is 2.59. The number of carbonyl (C=O) groups is 1. The van der Waals surface area contributed by atoms with Crippen LogP contribution in [0, 0.1) is 6.92 Å². The van der Waals surface area contributed by atoms with Crippen LogP contribution >= 0.6 is 11.3 Å². The molecule has 1 N–H and O–H groups in total. The van der Waals surface area contributed by atoms with Crippen LogP contribution in [-0.4, -0.2) is 23.0 Å². The van der Waals surface area contributed by atoms with Crippen LogP contribution in [0.2, 0.25) is 0 Å². The van der Waals surface area contributed by atoms with E-state index in [2.05, 4.69) is 41.6 Å². The quantitative estimate of drug-likeness (QED) is 0.250. The molecule has 0 fully saturated rings. The van der Waals surface area contributed by atoms with Crippen LogP contribution in [0.15, 0.2) is 78.3 Å². The smallest absolute Gasteiger partial charge is 0.342 e. The maximum Gasteiger partial charge on any atom is 0.342 e. The largest absolute Gasteiger partial charge is 0.465 e. The minimum atomic E-state index is -0.438. The van der Waals surface area contributed by atoms with Crippen LogP contribution in [-0.2, 0) is 11.2 Å². The Bertz CT molecular complexity index is 1450. The summed E-state index contributed by atoms with van der Waals surface area (Å²) in [5, 5.41) is 3.79. The number of aryl methyl sites for hydroxylation is 1. The van der Waals surface area contributed by atoms with Crippen LogP contribution in [0.1, 0.15) is 41.0 Å². The molecule has 0 amide bonds. The number of nitrogens with one attached hydrogen (secondary N) is 1. The Morgan fingerprint density at radius 3 is 2.66 bits per heavy atom. The summed E-state index contributed by atoms with van der Waals surface area (Å²) in [5.74, 6) is 0.639. The number of hydrogen-bond acceptors (Lipinski definition) is 5. The van der Waals surface area contributed by atoms with Gasteiger partial charge in [0.05, 0.1) is 12.8 Å². The maximum atomic E-state index is 12.5. The van der Waals surface area contributed by atoms with Crippen molar-refractivity contribution >= 4 is 28.2 Å². The first-order chi connectivity index (χ1) is 17.1. The fourth-order valence-corrected chi connectivity index (χ4v) is 4.70. The Labute approximate surface area is 209 Å². The highest BCUT2D eigenvalue weighted by atomic mass is 32.1. The number of methoxy groups -OCH3 is 1. The SMILES string of the molecule is CC.COC(=O)c1c(Oc2cccc(-c3nc(Cc4cccc(C)c4)cs3)c2)ccc2[nH]ccc12. The molecule has 5 aromatic rings. The first-order valence-corrected chi connectivity index (χ1v) is 12.5. The van der Waals surface area contributed by atoms with Crippen molar-refractivity contribution in [2.75, 3.05) is 7.11 Å². The zero-order chi connectivity index (χ0) is 24.8. The molecule has 2 heterocycles. The zero-order valence-corrected chi connectivity index (χ0v) is 21.1. The van der Waals surface area contributed by atoms with Crippen LogP contribution in [0.4, 0.5) is 0 Å². The third-order valence-electron chi connectivity index (χ3n) is 5.41. The minimum Gasteiger partial charge on any atom is -0.465 e. The molecule has 0 bridgehead atoms. The van der Waals surface area contributed by atoms with Gasteiger partial charge >= 0.3 is 5.97 Å². The molecule has 0 atom stereocenters. The molecule has 6 heteroatoms. The molecule has 5 rings (SSSR count). The van der Waals surface area contributed by atoms with Gasteiger partial charge in [-0.3, -0.25) is 0 Å². The van der Waals surface area contributed by atoms with Gasteiger partial charge in [0.2, 0.25) is 0 Å². The van der Waals surface area contributed by atoms with Crippen molar-refractivity contribution in [3.05, 3.63) is 101 Å². The monoisotopic (exact) mass is 484 g/mol. The number of esters is 1. The summed E-state index contributed by atoms with van der Waals surface area (Å²) in [4.78, 5) is 20.4. The lowest BCUT2D eigenvalue weighted by Gasteiger charge is -2.12. The lowest BCUT2D eigenvalue weighted by atomic mass is 10.1. The molecular formula is C29H28N2O3S. The Morgan fingerprint density at radius 2 is 1.86 bits per heavy atom. The van der Waals surface area contributed by atoms with E-state index in [4.69, 9.17) is 14.5 Å². The second-order valence-corrected chi connectivity index (χ2v) is 8.67.